The first-order valence-electron chi connectivity index (χ1n) is 9.99. The van der Waals surface area contributed by atoms with E-state index in [-0.39, 0.29) is 29.5 Å². The van der Waals surface area contributed by atoms with Crippen molar-refractivity contribution in [2.24, 2.45) is 5.73 Å². The van der Waals surface area contributed by atoms with E-state index in [1.54, 1.807) is 25.2 Å². The molecule has 31 heavy (non-hydrogen) atoms. The van der Waals surface area contributed by atoms with Crippen LogP contribution in [0.15, 0.2) is 48.5 Å². The summed E-state index contributed by atoms with van der Waals surface area (Å²) in [7, 11) is 1.62. The summed E-state index contributed by atoms with van der Waals surface area (Å²) in [5, 5.41) is 8.21. The van der Waals surface area contributed by atoms with Crippen molar-refractivity contribution >= 4 is 17.6 Å². The average Bonchev–Trinajstić information content (AvgIpc) is 3.47. The lowest BCUT2D eigenvalue weighted by Gasteiger charge is -2.17. The molecular weight excluding hydrogens is 398 g/mol. The van der Waals surface area contributed by atoms with Gasteiger partial charge in [0.1, 0.15) is 30.0 Å². The molecule has 1 saturated carbocycles. The molecule has 158 valence electrons. The summed E-state index contributed by atoms with van der Waals surface area (Å²) in [5.41, 5.74) is 7.28. The highest BCUT2D eigenvalue weighted by Crippen LogP contribution is 2.52. The molecule has 1 aliphatic carbocycles. The van der Waals surface area contributed by atoms with Gasteiger partial charge < -0.3 is 25.1 Å². The van der Waals surface area contributed by atoms with Gasteiger partial charge in [-0.2, -0.15) is 0 Å². The third-order valence-corrected chi connectivity index (χ3v) is 5.78. The number of nitrogens with two attached hydrogens (primary N) is 1. The standard InChI is InChI=1S/C22H21N5O4/c1-27-16-8-7-14(11-17(16)30-12-15(23)19(27)28)31-20(29)18-24-21(26-25-18)22(9-10-22)13-5-3-2-4-6-13/h2-8,11,15H,9-10,12,23H2,1H3,(H,24,25,26)/t15-/m0/s1. The van der Waals surface area contributed by atoms with E-state index in [1.165, 1.54) is 4.90 Å². The van der Waals surface area contributed by atoms with Gasteiger partial charge in [-0.25, -0.2) is 4.79 Å². The SMILES string of the molecule is CN1C(=O)[C@@H](N)COc2cc(OC(=O)c3nnc(C4(c5ccccc5)CC4)[nH]3)ccc21. The molecule has 0 radical (unpaired) electrons. The molecule has 1 fully saturated rings. The Morgan fingerprint density at radius 2 is 2.00 bits per heavy atom. The van der Waals surface area contributed by atoms with Crippen LogP contribution in [0.3, 0.4) is 0 Å². The van der Waals surface area contributed by atoms with E-state index in [0.29, 0.717) is 17.3 Å². The largest absolute Gasteiger partial charge is 0.489 e. The number of likely N-dealkylation sites (N-methyl/N-ethyl adjacent to an activating group) is 1. The van der Waals surface area contributed by atoms with Crippen LogP contribution < -0.4 is 20.1 Å². The number of ether oxygens (including phenoxy) is 2. The van der Waals surface area contributed by atoms with Gasteiger partial charge >= 0.3 is 5.97 Å². The molecule has 9 heteroatoms. The van der Waals surface area contributed by atoms with Gasteiger partial charge in [0, 0.05) is 13.1 Å². The molecule has 0 saturated heterocycles. The summed E-state index contributed by atoms with van der Waals surface area (Å²) in [5.74, 6) is 0.463. The maximum Gasteiger partial charge on any atom is 0.381 e. The molecule has 9 nitrogen and oxygen atoms in total. The Kier molecular flexibility index (Phi) is 4.48. The number of anilines is 1. The fourth-order valence-corrected chi connectivity index (χ4v) is 3.84. The normalized spacial score (nSPS) is 19.2. The van der Waals surface area contributed by atoms with Crippen molar-refractivity contribution in [1.82, 2.24) is 15.2 Å². The molecular formula is C22H21N5O4. The molecule has 2 aliphatic rings. The van der Waals surface area contributed by atoms with Crippen LogP contribution in [0.5, 0.6) is 11.5 Å². The van der Waals surface area contributed by atoms with Gasteiger partial charge in [0.15, 0.2) is 0 Å². The Morgan fingerprint density at radius 1 is 1.23 bits per heavy atom. The Labute approximate surface area is 178 Å². The fraction of sp³-hybridized carbons (Fsp3) is 0.273. The van der Waals surface area contributed by atoms with Gasteiger partial charge in [0.25, 0.3) is 0 Å². The number of aromatic amines is 1. The third kappa shape index (κ3) is 3.32. The van der Waals surface area contributed by atoms with Crippen LogP contribution in [-0.2, 0) is 10.2 Å². The highest BCUT2D eigenvalue weighted by Gasteiger charge is 2.49. The summed E-state index contributed by atoms with van der Waals surface area (Å²) in [6.45, 7) is 0.0423. The molecule has 3 N–H and O–H groups in total. The highest BCUT2D eigenvalue weighted by molar-refractivity contribution is 5.98. The lowest BCUT2D eigenvalue weighted by atomic mass is 9.95. The smallest absolute Gasteiger partial charge is 0.381 e. The molecule has 0 bridgehead atoms. The number of fused-ring (bicyclic) bond motifs is 1. The second-order valence-corrected chi connectivity index (χ2v) is 7.80. The van der Waals surface area contributed by atoms with E-state index in [1.807, 2.05) is 18.2 Å². The van der Waals surface area contributed by atoms with Gasteiger partial charge in [0.2, 0.25) is 11.7 Å². The number of hydrogen-bond acceptors (Lipinski definition) is 7. The second-order valence-electron chi connectivity index (χ2n) is 7.80. The van der Waals surface area contributed by atoms with Crippen LogP contribution in [0.4, 0.5) is 5.69 Å². The minimum atomic E-state index is -0.754. The fourth-order valence-electron chi connectivity index (χ4n) is 3.84. The predicted molar refractivity (Wildman–Crippen MR) is 111 cm³/mol. The maximum absolute atomic E-state index is 12.6. The first-order chi connectivity index (χ1) is 15.0. The quantitative estimate of drug-likeness (QED) is 0.488. The van der Waals surface area contributed by atoms with Crippen molar-refractivity contribution in [3.8, 4) is 11.5 Å². The second kappa shape index (κ2) is 7.21. The van der Waals surface area contributed by atoms with Crippen molar-refractivity contribution in [2.75, 3.05) is 18.6 Å². The molecule has 1 aromatic heterocycles. The number of rotatable bonds is 4. The Hall–Kier alpha value is -3.72. The molecule has 5 rings (SSSR count). The Morgan fingerprint density at radius 3 is 2.74 bits per heavy atom. The van der Waals surface area contributed by atoms with Crippen LogP contribution >= 0.6 is 0 Å². The van der Waals surface area contributed by atoms with Crippen LogP contribution in [0.2, 0.25) is 0 Å². The number of nitrogens with one attached hydrogen (secondary N) is 1. The number of aromatic nitrogens is 3. The number of amides is 1. The summed E-state index contributed by atoms with van der Waals surface area (Å²) < 4.78 is 11.1. The van der Waals surface area contributed by atoms with Gasteiger partial charge in [-0.3, -0.25) is 4.79 Å². The molecule has 0 spiro atoms. The van der Waals surface area contributed by atoms with Crippen molar-refractivity contribution in [2.45, 2.75) is 24.3 Å². The van der Waals surface area contributed by atoms with Crippen molar-refractivity contribution in [3.05, 3.63) is 65.7 Å². The van der Waals surface area contributed by atoms with E-state index < -0.39 is 12.0 Å². The van der Waals surface area contributed by atoms with E-state index in [2.05, 4.69) is 27.3 Å². The Bertz CT molecular complexity index is 1160. The molecule has 2 aromatic carbocycles. The predicted octanol–water partition coefficient (Wildman–Crippen LogP) is 1.79. The summed E-state index contributed by atoms with van der Waals surface area (Å²) in [6, 6.07) is 14.1. The van der Waals surface area contributed by atoms with Crippen LogP contribution in [0.25, 0.3) is 0 Å². The van der Waals surface area contributed by atoms with E-state index in [4.69, 9.17) is 15.2 Å². The van der Waals surface area contributed by atoms with Gasteiger partial charge in [-0.05, 0) is 30.5 Å². The van der Waals surface area contributed by atoms with Gasteiger partial charge in [-0.15, -0.1) is 10.2 Å². The zero-order chi connectivity index (χ0) is 21.6. The summed E-state index contributed by atoms with van der Waals surface area (Å²) in [4.78, 5) is 29.3. The van der Waals surface area contributed by atoms with Crippen LogP contribution in [-0.4, -0.2) is 46.8 Å². The number of nitrogens with zero attached hydrogens (tertiary/aromatic N) is 3. The summed E-state index contributed by atoms with van der Waals surface area (Å²) in [6.07, 6.45) is 1.88. The zero-order valence-electron chi connectivity index (χ0n) is 16.9. The summed E-state index contributed by atoms with van der Waals surface area (Å²) >= 11 is 0. The van der Waals surface area contributed by atoms with Crippen LogP contribution in [0.1, 0.15) is 34.8 Å². The number of H-pyrrole nitrogens is 1. The monoisotopic (exact) mass is 419 g/mol. The minimum Gasteiger partial charge on any atom is -0.489 e. The first-order valence-corrected chi connectivity index (χ1v) is 9.99. The lowest BCUT2D eigenvalue weighted by Crippen LogP contribution is -2.43. The zero-order valence-corrected chi connectivity index (χ0v) is 16.9. The van der Waals surface area contributed by atoms with Crippen molar-refractivity contribution in [1.29, 1.82) is 0 Å². The van der Waals surface area contributed by atoms with E-state index >= 15 is 0 Å². The van der Waals surface area contributed by atoms with E-state index in [0.717, 1.165) is 18.4 Å². The topological polar surface area (TPSA) is 123 Å². The highest BCUT2D eigenvalue weighted by atomic mass is 16.5. The number of benzene rings is 2. The molecule has 0 unspecified atom stereocenters. The number of hydrogen-bond donors (Lipinski definition) is 2. The molecule has 1 atom stereocenters. The lowest BCUT2D eigenvalue weighted by molar-refractivity contribution is -0.119. The van der Waals surface area contributed by atoms with E-state index in [9.17, 15) is 9.59 Å². The van der Waals surface area contributed by atoms with Crippen LogP contribution in [0, 0.1) is 0 Å². The van der Waals surface area contributed by atoms with Crippen molar-refractivity contribution < 1.29 is 19.1 Å². The third-order valence-electron chi connectivity index (χ3n) is 5.78. The average molecular weight is 419 g/mol. The first kappa shape index (κ1) is 19.3. The molecule has 3 aromatic rings. The molecule has 1 aliphatic heterocycles. The number of esters is 1. The minimum absolute atomic E-state index is 0.0300. The Balaban J connectivity index is 1.35. The van der Waals surface area contributed by atoms with Gasteiger partial charge in [-0.1, -0.05) is 30.3 Å². The number of carbonyl (C=O) groups is 2. The molecule has 1 amide bonds. The van der Waals surface area contributed by atoms with Crippen molar-refractivity contribution in [3.63, 3.8) is 0 Å². The maximum atomic E-state index is 12.6. The molecule has 2 heterocycles. The number of carbonyl (C=O) groups excluding carboxylic acids is 2. The van der Waals surface area contributed by atoms with Gasteiger partial charge in [0.05, 0.1) is 11.1 Å².